The minimum Gasteiger partial charge on any atom is -0.493 e. The maximum absolute atomic E-state index is 12.7. The lowest BCUT2D eigenvalue weighted by molar-refractivity contribution is -0.118. The quantitative estimate of drug-likeness (QED) is 0.309. The Morgan fingerprint density at radius 2 is 1.93 bits per heavy atom. The first-order valence-electron chi connectivity index (χ1n) is 8.93. The molecule has 0 saturated carbocycles. The van der Waals surface area contributed by atoms with Crippen LogP contribution < -0.4 is 25.4 Å². The zero-order chi connectivity index (χ0) is 20.1. The summed E-state index contributed by atoms with van der Waals surface area (Å²) in [6.07, 6.45) is 0.813. The molecule has 27 heavy (non-hydrogen) atoms. The van der Waals surface area contributed by atoms with Gasteiger partial charge < -0.3 is 25.4 Å². The maximum atomic E-state index is 12.7. The molecule has 0 aromatic heterocycles. The normalized spacial score (nSPS) is 11.3. The maximum Gasteiger partial charge on any atom is 0.387 e. The van der Waals surface area contributed by atoms with Crippen LogP contribution in [0.1, 0.15) is 32.8 Å². The summed E-state index contributed by atoms with van der Waals surface area (Å²) in [5.74, 6) is 0.909. The molecule has 0 heterocycles. The fourth-order valence-electron chi connectivity index (χ4n) is 2.11. The molecule has 1 aromatic carbocycles. The Labute approximate surface area is 158 Å². The predicted molar refractivity (Wildman–Crippen MR) is 100 cm³/mol. The number of aliphatic imine (C=N–C) groups is 1. The number of amides is 1. The Hall–Kier alpha value is -2.58. The number of hydrogen-bond donors (Lipinski definition) is 3. The Bertz CT molecular complexity index is 612. The smallest absolute Gasteiger partial charge is 0.387 e. The number of benzene rings is 1. The molecule has 0 bridgehead atoms. The Balaban J connectivity index is 2.81. The van der Waals surface area contributed by atoms with E-state index in [0.717, 1.165) is 6.42 Å². The molecule has 3 N–H and O–H groups in total. The van der Waals surface area contributed by atoms with E-state index in [1.807, 2.05) is 13.8 Å². The summed E-state index contributed by atoms with van der Waals surface area (Å²) in [5, 5.41) is 8.78. The molecule has 0 saturated heterocycles. The second-order valence-corrected chi connectivity index (χ2v) is 5.60. The Kier molecular flexibility index (Phi) is 10.6. The van der Waals surface area contributed by atoms with Crippen LogP contribution in [0.4, 0.5) is 8.78 Å². The van der Waals surface area contributed by atoms with Crippen LogP contribution in [0.2, 0.25) is 0 Å². The molecule has 1 rings (SSSR count). The van der Waals surface area contributed by atoms with Crippen LogP contribution in [0.5, 0.6) is 11.5 Å². The molecule has 1 aromatic rings. The number of guanidine groups is 1. The molecular weight excluding hydrogens is 358 g/mol. The van der Waals surface area contributed by atoms with Crippen molar-refractivity contribution in [1.29, 1.82) is 0 Å². The summed E-state index contributed by atoms with van der Waals surface area (Å²) in [6.45, 7) is 4.59. The summed E-state index contributed by atoms with van der Waals surface area (Å²) >= 11 is 0. The Morgan fingerprint density at radius 1 is 1.19 bits per heavy atom. The van der Waals surface area contributed by atoms with Crippen molar-refractivity contribution in [1.82, 2.24) is 16.0 Å². The zero-order valence-electron chi connectivity index (χ0n) is 16.0. The van der Waals surface area contributed by atoms with Crippen molar-refractivity contribution in [2.24, 2.45) is 4.99 Å². The van der Waals surface area contributed by atoms with Gasteiger partial charge in [0.05, 0.1) is 13.2 Å². The third kappa shape index (κ3) is 9.62. The van der Waals surface area contributed by atoms with Gasteiger partial charge in [0.1, 0.15) is 11.5 Å². The molecule has 9 heteroatoms. The summed E-state index contributed by atoms with van der Waals surface area (Å²) in [6, 6.07) is 4.81. The summed E-state index contributed by atoms with van der Waals surface area (Å²) < 4.78 is 35.5. The van der Waals surface area contributed by atoms with Crippen LogP contribution in [0, 0.1) is 0 Å². The van der Waals surface area contributed by atoms with Crippen molar-refractivity contribution in [3.8, 4) is 11.5 Å². The molecular formula is C18H28F2N4O3. The fourth-order valence-corrected chi connectivity index (χ4v) is 2.11. The Morgan fingerprint density at radius 3 is 2.56 bits per heavy atom. The predicted octanol–water partition coefficient (Wildman–Crippen LogP) is 2.27. The van der Waals surface area contributed by atoms with Crippen LogP contribution in [-0.2, 0) is 11.3 Å². The lowest BCUT2D eigenvalue weighted by Gasteiger charge is -2.14. The van der Waals surface area contributed by atoms with E-state index in [2.05, 4.69) is 25.7 Å². The number of ether oxygens (including phenoxy) is 2. The minimum absolute atomic E-state index is 0.0384. The third-order valence-electron chi connectivity index (χ3n) is 3.27. The van der Waals surface area contributed by atoms with Gasteiger partial charge in [-0.3, -0.25) is 4.79 Å². The molecule has 0 radical (unpaired) electrons. The number of hydrogen-bond acceptors (Lipinski definition) is 4. The molecule has 0 unspecified atom stereocenters. The first-order valence-corrected chi connectivity index (χ1v) is 8.93. The molecule has 0 aliphatic heterocycles. The van der Waals surface area contributed by atoms with Gasteiger partial charge in [0.15, 0.2) is 5.96 Å². The molecule has 0 spiro atoms. The fraction of sp³-hybridized carbons (Fsp3) is 0.556. The second kappa shape index (κ2) is 12.7. The van der Waals surface area contributed by atoms with Crippen molar-refractivity contribution in [2.45, 2.75) is 40.3 Å². The number of nitrogens with one attached hydrogen (secondary N) is 3. The number of rotatable bonds is 11. The van der Waals surface area contributed by atoms with E-state index in [1.54, 1.807) is 12.1 Å². The van der Waals surface area contributed by atoms with Gasteiger partial charge in [-0.15, -0.1) is 0 Å². The SMILES string of the molecule is CCCOc1ccc(CN=C(NCC)NCCNC(C)=O)c(OC(F)F)c1. The average Bonchev–Trinajstić information content (AvgIpc) is 2.61. The number of carbonyl (C=O) groups excluding carboxylic acids is 1. The van der Waals surface area contributed by atoms with Gasteiger partial charge in [0, 0.05) is 38.2 Å². The highest BCUT2D eigenvalue weighted by atomic mass is 19.3. The van der Waals surface area contributed by atoms with Gasteiger partial charge in [-0.1, -0.05) is 6.92 Å². The van der Waals surface area contributed by atoms with E-state index in [9.17, 15) is 13.6 Å². The lowest BCUT2D eigenvalue weighted by Crippen LogP contribution is -2.41. The highest BCUT2D eigenvalue weighted by Gasteiger charge is 2.11. The zero-order valence-corrected chi connectivity index (χ0v) is 16.0. The number of alkyl halides is 2. The summed E-state index contributed by atoms with van der Waals surface area (Å²) in [4.78, 5) is 15.2. The standard InChI is InChI=1S/C18H28F2N4O3/c1-4-10-26-15-7-6-14(16(11-15)27-17(19)20)12-24-18(21-5-2)23-9-8-22-13(3)25/h6-7,11,17H,4-5,8-10,12H2,1-3H3,(H,22,25)(H2,21,23,24). The molecule has 0 aliphatic rings. The highest BCUT2D eigenvalue weighted by molar-refractivity contribution is 5.80. The number of nitrogens with zero attached hydrogens (tertiary/aromatic N) is 1. The van der Waals surface area contributed by atoms with Crippen molar-refractivity contribution < 1.29 is 23.0 Å². The van der Waals surface area contributed by atoms with E-state index in [4.69, 9.17) is 4.74 Å². The first-order chi connectivity index (χ1) is 13.0. The van der Waals surface area contributed by atoms with Crippen molar-refractivity contribution in [3.05, 3.63) is 23.8 Å². The van der Waals surface area contributed by atoms with E-state index in [-0.39, 0.29) is 18.2 Å². The molecule has 0 fully saturated rings. The van der Waals surface area contributed by atoms with Crippen molar-refractivity contribution >= 4 is 11.9 Å². The van der Waals surface area contributed by atoms with Gasteiger partial charge in [-0.2, -0.15) is 8.78 Å². The lowest BCUT2D eigenvalue weighted by atomic mass is 10.2. The molecule has 7 nitrogen and oxygen atoms in total. The van der Waals surface area contributed by atoms with Gasteiger partial charge in [-0.25, -0.2) is 4.99 Å². The van der Waals surface area contributed by atoms with Gasteiger partial charge in [0.25, 0.3) is 0 Å². The second-order valence-electron chi connectivity index (χ2n) is 5.60. The molecule has 152 valence electrons. The minimum atomic E-state index is -2.93. The van der Waals surface area contributed by atoms with E-state index < -0.39 is 6.61 Å². The van der Waals surface area contributed by atoms with Crippen molar-refractivity contribution in [2.75, 3.05) is 26.2 Å². The average molecular weight is 386 g/mol. The van der Waals surface area contributed by atoms with Crippen molar-refractivity contribution in [3.63, 3.8) is 0 Å². The molecule has 1 amide bonds. The topological polar surface area (TPSA) is 84.0 Å². The monoisotopic (exact) mass is 386 g/mol. The van der Waals surface area contributed by atoms with E-state index in [1.165, 1.54) is 13.0 Å². The van der Waals surface area contributed by atoms with Gasteiger partial charge in [-0.05, 0) is 25.5 Å². The van der Waals surface area contributed by atoms with Gasteiger partial charge in [0.2, 0.25) is 5.91 Å². The largest absolute Gasteiger partial charge is 0.493 e. The third-order valence-corrected chi connectivity index (χ3v) is 3.27. The first kappa shape index (κ1) is 22.5. The van der Waals surface area contributed by atoms with Crippen LogP contribution >= 0.6 is 0 Å². The number of carbonyl (C=O) groups is 1. The van der Waals surface area contributed by atoms with E-state index in [0.29, 0.717) is 43.5 Å². The van der Waals surface area contributed by atoms with Crippen LogP contribution in [-0.4, -0.2) is 44.7 Å². The van der Waals surface area contributed by atoms with Gasteiger partial charge >= 0.3 is 6.61 Å². The number of halogens is 2. The summed E-state index contributed by atoms with van der Waals surface area (Å²) in [5.41, 5.74) is 0.512. The molecule has 0 atom stereocenters. The molecule has 0 aliphatic carbocycles. The summed E-state index contributed by atoms with van der Waals surface area (Å²) in [7, 11) is 0. The van der Waals surface area contributed by atoms with Crippen LogP contribution in [0.15, 0.2) is 23.2 Å². The van der Waals surface area contributed by atoms with E-state index >= 15 is 0 Å². The van der Waals surface area contributed by atoms with Crippen LogP contribution in [0.25, 0.3) is 0 Å². The van der Waals surface area contributed by atoms with Crippen LogP contribution in [0.3, 0.4) is 0 Å². The highest BCUT2D eigenvalue weighted by Crippen LogP contribution is 2.27.